The van der Waals surface area contributed by atoms with E-state index in [0.29, 0.717) is 11.4 Å². The predicted molar refractivity (Wildman–Crippen MR) is 109 cm³/mol. The molecule has 1 heterocycles. The first-order chi connectivity index (χ1) is 14.0. The lowest BCUT2D eigenvalue weighted by Gasteiger charge is -2.17. The minimum absolute atomic E-state index is 0.0430. The molecule has 8 heteroatoms. The van der Waals surface area contributed by atoms with Crippen molar-refractivity contribution in [1.29, 1.82) is 0 Å². The van der Waals surface area contributed by atoms with Crippen molar-refractivity contribution < 1.29 is 19.2 Å². The van der Waals surface area contributed by atoms with Gasteiger partial charge in [0.15, 0.2) is 6.61 Å². The first-order valence-corrected chi connectivity index (χ1v) is 9.58. The molecule has 1 aliphatic heterocycles. The highest BCUT2D eigenvalue weighted by Gasteiger charge is 2.24. The maximum absolute atomic E-state index is 12.3. The summed E-state index contributed by atoms with van der Waals surface area (Å²) in [5, 5.41) is 14.2. The van der Waals surface area contributed by atoms with Crippen LogP contribution in [-0.4, -0.2) is 36.5 Å². The molecule has 0 spiro atoms. The van der Waals surface area contributed by atoms with E-state index >= 15 is 0 Å². The molecule has 2 aromatic rings. The van der Waals surface area contributed by atoms with Crippen LogP contribution in [0.4, 0.5) is 17.1 Å². The van der Waals surface area contributed by atoms with E-state index in [2.05, 4.69) is 5.32 Å². The van der Waals surface area contributed by atoms with E-state index < -0.39 is 23.4 Å². The molecule has 8 nitrogen and oxygen atoms in total. The molecule has 29 heavy (non-hydrogen) atoms. The molecule has 0 bridgehead atoms. The molecular weight excluding hydrogens is 374 g/mol. The fourth-order valence-electron chi connectivity index (χ4n) is 3.37. The molecule has 0 radical (unpaired) electrons. The fourth-order valence-corrected chi connectivity index (χ4v) is 3.37. The van der Waals surface area contributed by atoms with Crippen molar-refractivity contribution in [3.8, 4) is 0 Å². The zero-order valence-electron chi connectivity index (χ0n) is 16.2. The summed E-state index contributed by atoms with van der Waals surface area (Å²) in [6.45, 7) is 3.01. The molecule has 0 saturated carbocycles. The van der Waals surface area contributed by atoms with Crippen molar-refractivity contribution in [3.05, 3.63) is 63.7 Å². The number of anilines is 2. The molecular formula is C21H23N3O5. The van der Waals surface area contributed by atoms with Crippen LogP contribution >= 0.6 is 0 Å². The Balaban J connectivity index is 1.65. The Morgan fingerprint density at radius 3 is 2.59 bits per heavy atom. The second kappa shape index (κ2) is 9.18. The van der Waals surface area contributed by atoms with Crippen molar-refractivity contribution in [3.63, 3.8) is 0 Å². The molecule has 1 N–H and O–H groups in total. The van der Waals surface area contributed by atoms with E-state index in [9.17, 15) is 19.7 Å². The minimum Gasteiger partial charge on any atom is -0.452 e. The molecule has 1 saturated heterocycles. The number of esters is 1. The molecule has 0 aromatic heterocycles. The lowest BCUT2D eigenvalue weighted by molar-refractivity contribution is -0.384. The van der Waals surface area contributed by atoms with E-state index in [1.54, 1.807) is 12.1 Å². The Bertz CT molecular complexity index is 922. The molecule has 152 valence electrons. The minimum atomic E-state index is -0.778. The third kappa shape index (κ3) is 4.90. The van der Waals surface area contributed by atoms with Gasteiger partial charge in [0.1, 0.15) is 5.69 Å². The summed E-state index contributed by atoms with van der Waals surface area (Å²) < 4.78 is 5.05. The van der Waals surface area contributed by atoms with Crippen molar-refractivity contribution >= 4 is 28.9 Å². The van der Waals surface area contributed by atoms with Crippen molar-refractivity contribution in [2.45, 2.75) is 26.2 Å². The summed E-state index contributed by atoms with van der Waals surface area (Å²) in [5.74, 6) is -1.25. The number of carbonyl (C=O) groups is 2. The fraction of sp³-hybridized carbons (Fsp3) is 0.333. The van der Waals surface area contributed by atoms with Crippen LogP contribution in [0.2, 0.25) is 0 Å². The number of ether oxygens (including phenoxy) is 1. The summed E-state index contributed by atoms with van der Waals surface area (Å²) in [6, 6.07) is 11.6. The quantitative estimate of drug-likeness (QED) is 0.435. The number of rotatable bonds is 7. The third-order valence-electron chi connectivity index (χ3n) is 4.86. The van der Waals surface area contributed by atoms with Gasteiger partial charge in [-0.05, 0) is 43.0 Å². The number of hydrogen-bond donors (Lipinski definition) is 1. The van der Waals surface area contributed by atoms with Gasteiger partial charge < -0.3 is 15.0 Å². The Kier molecular flexibility index (Phi) is 6.43. The number of nitrogens with zero attached hydrogens (tertiary/aromatic N) is 2. The van der Waals surface area contributed by atoms with E-state index in [1.807, 2.05) is 30.0 Å². The van der Waals surface area contributed by atoms with Gasteiger partial charge in [0.25, 0.3) is 11.6 Å². The lowest BCUT2D eigenvalue weighted by Crippen LogP contribution is -2.22. The SMILES string of the molecule is CCc1ccccc1NC(=O)COC(=O)c1ccc(N2CCCC2)c([N+](=O)[O-])c1. The standard InChI is InChI=1S/C21H23N3O5/c1-2-15-7-3-4-8-17(15)22-20(25)14-29-21(26)16-9-10-18(19(13-16)24(27)28)23-11-5-6-12-23/h3-4,7-10,13H,2,5-6,11-12,14H2,1H3,(H,22,25). The van der Waals surface area contributed by atoms with Crippen LogP contribution < -0.4 is 10.2 Å². The summed E-state index contributed by atoms with van der Waals surface area (Å²) >= 11 is 0. The Morgan fingerprint density at radius 2 is 1.90 bits per heavy atom. The lowest BCUT2D eigenvalue weighted by atomic mass is 10.1. The zero-order chi connectivity index (χ0) is 20.8. The molecule has 2 aromatic carbocycles. The van der Waals surface area contributed by atoms with E-state index in [1.165, 1.54) is 12.1 Å². The third-order valence-corrected chi connectivity index (χ3v) is 4.86. The number of nitro groups is 1. The van der Waals surface area contributed by atoms with Gasteiger partial charge >= 0.3 is 5.97 Å². The summed E-state index contributed by atoms with van der Waals surface area (Å²) in [5.41, 5.74) is 2.05. The van der Waals surface area contributed by atoms with Crippen LogP contribution in [0.15, 0.2) is 42.5 Å². The molecule has 1 aliphatic rings. The number of aryl methyl sites for hydroxylation is 1. The van der Waals surface area contributed by atoms with Gasteiger partial charge in [-0.15, -0.1) is 0 Å². The van der Waals surface area contributed by atoms with Gasteiger partial charge in [-0.25, -0.2) is 4.79 Å². The molecule has 0 aliphatic carbocycles. The second-order valence-electron chi connectivity index (χ2n) is 6.79. The predicted octanol–water partition coefficient (Wildman–Crippen LogP) is 3.55. The topological polar surface area (TPSA) is 102 Å². The van der Waals surface area contributed by atoms with Gasteiger partial charge in [-0.1, -0.05) is 25.1 Å². The highest BCUT2D eigenvalue weighted by atomic mass is 16.6. The van der Waals surface area contributed by atoms with Crippen molar-refractivity contribution in [2.75, 3.05) is 29.9 Å². The maximum atomic E-state index is 12.3. The summed E-state index contributed by atoms with van der Waals surface area (Å²) in [7, 11) is 0. The first kappa shape index (κ1) is 20.3. The number of para-hydroxylation sites is 1. The van der Waals surface area contributed by atoms with Gasteiger partial charge in [0.2, 0.25) is 0 Å². The number of nitro benzene ring substituents is 1. The smallest absolute Gasteiger partial charge is 0.338 e. The van der Waals surface area contributed by atoms with Crippen LogP contribution in [0, 0.1) is 10.1 Å². The molecule has 0 unspecified atom stereocenters. The average molecular weight is 397 g/mol. The first-order valence-electron chi connectivity index (χ1n) is 9.58. The van der Waals surface area contributed by atoms with Gasteiger partial charge in [0.05, 0.1) is 10.5 Å². The molecule has 0 atom stereocenters. The highest BCUT2D eigenvalue weighted by Crippen LogP contribution is 2.31. The Hall–Kier alpha value is -3.42. The summed E-state index contributed by atoms with van der Waals surface area (Å²) in [4.78, 5) is 37.3. The van der Waals surface area contributed by atoms with Gasteiger partial charge in [-0.3, -0.25) is 14.9 Å². The van der Waals surface area contributed by atoms with Crippen LogP contribution in [0.5, 0.6) is 0 Å². The monoisotopic (exact) mass is 397 g/mol. The van der Waals surface area contributed by atoms with Gasteiger partial charge in [-0.2, -0.15) is 0 Å². The van der Waals surface area contributed by atoms with Crippen molar-refractivity contribution in [1.82, 2.24) is 0 Å². The average Bonchev–Trinajstić information content (AvgIpc) is 3.26. The molecule has 3 rings (SSSR count). The Morgan fingerprint density at radius 1 is 1.17 bits per heavy atom. The Labute approximate surface area is 168 Å². The van der Waals surface area contributed by atoms with E-state index in [-0.39, 0.29) is 11.3 Å². The van der Waals surface area contributed by atoms with Crippen molar-refractivity contribution in [2.24, 2.45) is 0 Å². The number of benzene rings is 2. The normalized spacial score (nSPS) is 13.2. The number of hydrogen-bond acceptors (Lipinski definition) is 6. The maximum Gasteiger partial charge on any atom is 0.338 e. The number of nitrogens with one attached hydrogen (secondary N) is 1. The van der Waals surface area contributed by atoms with E-state index in [0.717, 1.165) is 37.9 Å². The van der Waals surface area contributed by atoms with E-state index in [4.69, 9.17) is 4.74 Å². The number of amides is 1. The van der Waals surface area contributed by atoms with Gasteiger partial charge in [0, 0.05) is 24.8 Å². The number of carbonyl (C=O) groups excluding carboxylic acids is 2. The van der Waals surface area contributed by atoms with Crippen LogP contribution in [0.1, 0.15) is 35.7 Å². The second-order valence-corrected chi connectivity index (χ2v) is 6.79. The molecule has 1 fully saturated rings. The van der Waals surface area contributed by atoms with Crippen LogP contribution in [0.25, 0.3) is 0 Å². The molecule has 1 amide bonds. The van der Waals surface area contributed by atoms with Crippen LogP contribution in [0.3, 0.4) is 0 Å². The largest absolute Gasteiger partial charge is 0.452 e. The van der Waals surface area contributed by atoms with Crippen LogP contribution in [-0.2, 0) is 16.0 Å². The summed E-state index contributed by atoms with van der Waals surface area (Å²) in [6.07, 6.45) is 2.72. The zero-order valence-corrected chi connectivity index (χ0v) is 16.2. The highest BCUT2D eigenvalue weighted by molar-refractivity contribution is 5.96.